The van der Waals surface area contributed by atoms with Gasteiger partial charge in [0, 0.05) is 5.69 Å². The summed E-state index contributed by atoms with van der Waals surface area (Å²) in [6.07, 6.45) is 2.27. The smallest absolute Gasteiger partial charge is 0.205 e. The largest absolute Gasteiger partial charge is 0.369 e. The summed E-state index contributed by atoms with van der Waals surface area (Å²) in [5.74, 6) is 0.539. The summed E-state index contributed by atoms with van der Waals surface area (Å²) in [5.41, 5.74) is 11.7. The molecular weight excluding hydrogens is 246 g/mol. The molecule has 3 aromatic rings. The van der Waals surface area contributed by atoms with E-state index in [1.54, 1.807) is 0 Å². The minimum atomic E-state index is 0.539. The highest BCUT2D eigenvalue weighted by atomic mass is 15.2. The lowest BCUT2D eigenvalue weighted by Crippen LogP contribution is -2.01. The van der Waals surface area contributed by atoms with Gasteiger partial charge >= 0.3 is 0 Å². The van der Waals surface area contributed by atoms with Crippen LogP contribution in [0.15, 0.2) is 42.5 Å². The van der Waals surface area contributed by atoms with Crippen molar-refractivity contribution in [1.29, 1.82) is 0 Å². The fourth-order valence-corrected chi connectivity index (χ4v) is 2.67. The Morgan fingerprint density at radius 1 is 1.10 bits per heavy atom. The van der Waals surface area contributed by atoms with Gasteiger partial charge < -0.3 is 5.73 Å². The normalized spacial score (nSPS) is 11.1. The first-order chi connectivity index (χ1) is 9.70. The van der Waals surface area contributed by atoms with Crippen LogP contribution in [0.5, 0.6) is 0 Å². The summed E-state index contributed by atoms with van der Waals surface area (Å²) < 4.78 is 2.03. The van der Waals surface area contributed by atoms with E-state index in [4.69, 9.17) is 5.73 Å². The van der Waals surface area contributed by atoms with Gasteiger partial charge in [0.2, 0.25) is 5.95 Å². The van der Waals surface area contributed by atoms with Crippen LogP contribution in [0.1, 0.15) is 24.5 Å². The molecule has 0 aliphatic heterocycles. The molecule has 20 heavy (non-hydrogen) atoms. The van der Waals surface area contributed by atoms with Crippen LogP contribution >= 0.6 is 0 Å². The quantitative estimate of drug-likeness (QED) is 0.781. The summed E-state index contributed by atoms with van der Waals surface area (Å²) in [6.45, 7) is 4.28. The van der Waals surface area contributed by atoms with Crippen LogP contribution in [0.2, 0.25) is 0 Å². The molecule has 0 spiro atoms. The number of rotatable bonds is 3. The number of aryl methyl sites for hydroxylation is 2. The number of nitrogen functional groups attached to an aromatic ring is 1. The van der Waals surface area contributed by atoms with Crippen LogP contribution in [0, 0.1) is 6.92 Å². The van der Waals surface area contributed by atoms with E-state index in [9.17, 15) is 0 Å². The van der Waals surface area contributed by atoms with Crippen molar-refractivity contribution in [2.75, 3.05) is 5.73 Å². The number of benzene rings is 2. The molecule has 0 bridgehead atoms. The van der Waals surface area contributed by atoms with Crippen molar-refractivity contribution >= 4 is 17.0 Å². The number of hydrogen-bond acceptors (Lipinski definition) is 2. The maximum Gasteiger partial charge on any atom is 0.205 e. The molecule has 3 heteroatoms. The lowest BCUT2D eigenvalue weighted by Gasteiger charge is -2.09. The van der Waals surface area contributed by atoms with Crippen LogP contribution < -0.4 is 5.73 Å². The van der Waals surface area contributed by atoms with Gasteiger partial charge in [-0.2, -0.15) is 0 Å². The van der Waals surface area contributed by atoms with E-state index >= 15 is 0 Å². The van der Waals surface area contributed by atoms with Crippen LogP contribution in [-0.2, 0) is 6.42 Å². The van der Waals surface area contributed by atoms with Crippen LogP contribution in [0.25, 0.3) is 16.7 Å². The highest BCUT2D eigenvalue weighted by molar-refractivity contribution is 5.83. The molecule has 1 aromatic heterocycles. The monoisotopic (exact) mass is 265 g/mol. The maximum absolute atomic E-state index is 6.10. The van der Waals surface area contributed by atoms with Crippen molar-refractivity contribution in [2.24, 2.45) is 0 Å². The summed E-state index contributed by atoms with van der Waals surface area (Å²) in [4.78, 5) is 4.45. The molecule has 0 saturated carbocycles. The number of nitrogens with two attached hydrogens (primary N) is 1. The van der Waals surface area contributed by atoms with Gasteiger partial charge in [0.05, 0.1) is 11.0 Å². The van der Waals surface area contributed by atoms with Crippen molar-refractivity contribution in [2.45, 2.75) is 26.7 Å². The molecule has 3 nitrogen and oxygen atoms in total. The van der Waals surface area contributed by atoms with Crippen LogP contribution in [0.4, 0.5) is 5.95 Å². The van der Waals surface area contributed by atoms with E-state index in [2.05, 4.69) is 49.2 Å². The van der Waals surface area contributed by atoms with Gasteiger partial charge in [-0.3, -0.25) is 4.57 Å². The lowest BCUT2D eigenvalue weighted by molar-refractivity contribution is 0.920. The summed E-state index contributed by atoms with van der Waals surface area (Å²) in [7, 11) is 0. The zero-order valence-electron chi connectivity index (χ0n) is 11.9. The third-order valence-corrected chi connectivity index (χ3v) is 3.64. The Bertz CT molecular complexity index is 739. The first-order valence-electron chi connectivity index (χ1n) is 7.03. The van der Waals surface area contributed by atoms with Gasteiger partial charge in [0.25, 0.3) is 0 Å². The minimum absolute atomic E-state index is 0.539. The number of hydrogen-bond donors (Lipinski definition) is 1. The third-order valence-electron chi connectivity index (χ3n) is 3.64. The van der Waals surface area contributed by atoms with E-state index in [1.807, 2.05) is 16.7 Å². The molecular formula is C17H19N3. The van der Waals surface area contributed by atoms with E-state index in [1.165, 1.54) is 11.1 Å². The molecule has 0 unspecified atom stereocenters. The van der Waals surface area contributed by atoms with E-state index in [0.29, 0.717) is 5.95 Å². The fraction of sp³-hybridized carbons (Fsp3) is 0.235. The topological polar surface area (TPSA) is 43.8 Å². The van der Waals surface area contributed by atoms with Crippen LogP contribution in [-0.4, -0.2) is 9.55 Å². The number of para-hydroxylation sites is 1. The van der Waals surface area contributed by atoms with Gasteiger partial charge in [0.1, 0.15) is 0 Å². The summed E-state index contributed by atoms with van der Waals surface area (Å²) >= 11 is 0. The molecule has 0 radical (unpaired) electrons. The Kier molecular flexibility index (Phi) is 3.18. The predicted octanol–water partition coefficient (Wildman–Crippen LogP) is 3.87. The van der Waals surface area contributed by atoms with Crippen molar-refractivity contribution in [3.63, 3.8) is 0 Å². The Morgan fingerprint density at radius 2 is 1.85 bits per heavy atom. The lowest BCUT2D eigenvalue weighted by atomic mass is 10.1. The molecule has 0 fully saturated rings. The summed E-state index contributed by atoms with van der Waals surface area (Å²) in [5, 5.41) is 0. The molecule has 0 aliphatic rings. The Labute approximate surface area is 119 Å². The number of aromatic nitrogens is 2. The molecule has 2 aromatic carbocycles. The molecule has 0 atom stereocenters. The minimum Gasteiger partial charge on any atom is -0.369 e. The Morgan fingerprint density at radius 3 is 2.55 bits per heavy atom. The van der Waals surface area contributed by atoms with Crippen molar-refractivity contribution in [3.05, 3.63) is 53.6 Å². The Balaban J connectivity index is 2.16. The van der Waals surface area contributed by atoms with Crippen LogP contribution in [0.3, 0.4) is 0 Å². The number of nitrogens with zero attached hydrogens (tertiary/aromatic N) is 2. The number of imidazole rings is 1. The molecule has 2 N–H and O–H groups in total. The summed E-state index contributed by atoms with van der Waals surface area (Å²) in [6, 6.07) is 14.7. The standard InChI is InChI=1S/C17H19N3/c1-3-5-13-8-10-14(11-9-13)20-16-12(2)6-4-7-15(16)19-17(20)18/h4,6-11H,3,5H2,1-2H3,(H2,18,19). The highest BCUT2D eigenvalue weighted by Crippen LogP contribution is 2.25. The molecule has 0 saturated heterocycles. The van der Waals surface area contributed by atoms with Gasteiger partial charge in [-0.25, -0.2) is 4.98 Å². The average molecular weight is 265 g/mol. The van der Waals surface area contributed by atoms with Crippen molar-refractivity contribution < 1.29 is 0 Å². The SMILES string of the molecule is CCCc1ccc(-n2c(N)nc3cccc(C)c32)cc1. The van der Waals surface area contributed by atoms with Gasteiger partial charge in [-0.15, -0.1) is 0 Å². The zero-order valence-corrected chi connectivity index (χ0v) is 11.9. The fourth-order valence-electron chi connectivity index (χ4n) is 2.67. The highest BCUT2D eigenvalue weighted by Gasteiger charge is 2.11. The number of fused-ring (bicyclic) bond motifs is 1. The van der Waals surface area contributed by atoms with Gasteiger partial charge in [-0.1, -0.05) is 37.6 Å². The molecule has 102 valence electrons. The van der Waals surface area contributed by atoms with Crippen molar-refractivity contribution in [1.82, 2.24) is 9.55 Å². The second kappa shape index (κ2) is 5.00. The first-order valence-corrected chi connectivity index (χ1v) is 7.03. The first kappa shape index (κ1) is 12.7. The number of anilines is 1. The van der Waals surface area contributed by atoms with Crippen molar-refractivity contribution in [3.8, 4) is 5.69 Å². The maximum atomic E-state index is 6.10. The van der Waals surface area contributed by atoms with Gasteiger partial charge in [0.15, 0.2) is 0 Å². The average Bonchev–Trinajstić information content (AvgIpc) is 2.78. The molecule has 0 aliphatic carbocycles. The molecule has 3 rings (SSSR count). The zero-order chi connectivity index (χ0) is 14.1. The van der Waals surface area contributed by atoms with E-state index < -0.39 is 0 Å². The molecule has 0 amide bonds. The van der Waals surface area contributed by atoms with Gasteiger partial charge in [-0.05, 0) is 42.7 Å². The second-order valence-corrected chi connectivity index (χ2v) is 5.16. The molecule has 1 heterocycles. The third kappa shape index (κ3) is 2.05. The van der Waals surface area contributed by atoms with E-state index in [0.717, 1.165) is 29.6 Å². The van der Waals surface area contributed by atoms with E-state index in [-0.39, 0.29) is 0 Å². The Hall–Kier alpha value is -2.29. The predicted molar refractivity (Wildman–Crippen MR) is 84.2 cm³/mol. The second-order valence-electron chi connectivity index (χ2n) is 5.16.